The predicted molar refractivity (Wildman–Crippen MR) is 82.6 cm³/mol. The zero-order valence-corrected chi connectivity index (χ0v) is 12.2. The van der Waals surface area contributed by atoms with Crippen LogP contribution in [-0.2, 0) is 4.84 Å². The Morgan fingerprint density at radius 2 is 1.82 bits per heavy atom. The van der Waals surface area contributed by atoms with Gasteiger partial charge in [0.1, 0.15) is 5.75 Å². The van der Waals surface area contributed by atoms with Gasteiger partial charge in [-0.1, -0.05) is 12.1 Å². The molecule has 114 valence electrons. The molecule has 0 saturated heterocycles. The van der Waals surface area contributed by atoms with Crippen molar-refractivity contribution in [3.05, 3.63) is 59.9 Å². The van der Waals surface area contributed by atoms with Crippen LogP contribution in [0.5, 0.6) is 5.75 Å². The molecule has 0 atom stereocenters. The SMILES string of the molecule is CCCOc1ccc(C(=O)O/N=C(/N)c2ccncc2)cc1. The second-order valence-electron chi connectivity index (χ2n) is 4.46. The molecule has 0 aliphatic rings. The first kappa shape index (κ1) is 15.5. The lowest BCUT2D eigenvalue weighted by Gasteiger charge is -2.05. The molecule has 0 aliphatic heterocycles. The fraction of sp³-hybridized carbons (Fsp3) is 0.188. The van der Waals surface area contributed by atoms with Crippen molar-refractivity contribution in [2.45, 2.75) is 13.3 Å². The number of nitrogens with zero attached hydrogens (tertiary/aromatic N) is 2. The van der Waals surface area contributed by atoms with E-state index in [4.69, 9.17) is 15.3 Å². The van der Waals surface area contributed by atoms with E-state index in [2.05, 4.69) is 10.1 Å². The highest BCUT2D eigenvalue weighted by molar-refractivity contribution is 5.98. The van der Waals surface area contributed by atoms with Crippen molar-refractivity contribution >= 4 is 11.8 Å². The van der Waals surface area contributed by atoms with Crippen molar-refractivity contribution in [2.24, 2.45) is 10.9 Å². The average molecular weight is 299 g/mol. The maximum absolute atomic E-state index is 11.9. The van der Waals surface area contributed by atoms with Crippen LogP contribution < -0.4 is 10.5 Å². The highest BCUT2D eigenvalue weighted by Gasteiger charge is 2.08. The molecule has 0 aliphatic carbocycles. The van der Waals surface area contributed by atoms with Crippen LogP contribution in [0.3, 0.4) is 0 Å². The summed E-state index contributed by atoms with van der Waals surface area (Å²) in [5.41, 5.74) is 6.73. The number of aromatic nitrogens is 1. The lowest BCUT2D eigenvalue weighted by Crippen LogP contribution is -2.15. The highest BCUT2D eigenvalue weighted by Crippen LogP contribution is 2.13. The van der Waals surface area contributed by atoms with Gasteiger partial charge in [-0.05, 0) is 42.8 Å². The number of hydrogen-bond donors (Lipinski definition) is 1. The molecule has 0 spiro atoms. The van der Waals surface area contributed by atoms with E-state index < -0.39 is 5.97 Å². The first-order valence-corrected chi connectivity index (χ1v) is 6.88. The summed E-state index contributed by atoms with van der Waals surface area (Å²) in [6, 6.07) is 10.0. The van der Waals surface area contributed by atoms with Crippen LogP contribution in [0.15, 0.2) is 53.9 Å². The maximum atomic E-state index is 11.9. The van der Waals surface area contributed by atoms with Crippen molar-refractivity contribution in [2.75, 3.05) is 6.61 Å². The quantitative estimate of drug-likeness (QED) is 0.383. The molecule has 0 saturated carbocycles. The second-order valence-corrected chi connectivity index (χ2v) is 4.46. The molecule has 0 fully saturated rings. The summed E-state index contributed by atoms with van der Waals surface area (Å²) in [5, 5.41) is 3.63. The topological polar surface area (TPSA) is 86.8 Å². The molecule has 2 aromatic rings. The molecule has 2 N–H and O–H groups in total. The first-order valence-electron chi connectivity index (χ1n) is 6.88. The van der Waals surface area contributed by atoms with Crippen molar-refractivity contribution < 1.29 is 14.4 Å². The molecular weight excluding hydrogens is 282 g/mol. The van der Waals surface area contributed by atoms with Crippen LogP contribution in [0.2, 0.25) is 0 Å². The Hall–Kier alpha value is -2.89. The Morgan fingerprint density at radius 1 is 1.14 bits per heavy atom. The van der Waals surface area contributed by atoms with Gasteiger partial charge in [-0.3, -0.25) is 4.98 Å². The number of amidine groups is 1. The van der Waals surface area contributed by atoms with E-state index in [1.165, 1.54) is 0 Å². The monoisotopic (exact) mass is 299 g/mol. The summed E-state index contributed by atoms with van der Waals surface area (Å²) < 4.78 is 5.44. The van der Waals surface area contributed by atoms with Crippen molar-refractivity contribution in [3.8, 4) is 5.75 Å². The summed E-state index contributed by atoms with van der Waals surface area (Å²) in [4.78, 5) is 20.6. The van der Waals surface area contributed by atoms with Gasteiger partial charge < -0.3 is 15.3 Å². The van der Waals surface area contributed by atoms with Gasteiger partial charge in [0, 0.05) is 18.0 Å². The number of nitrogens with two attached hydrogens (primary N) is 1. The number of hydrogen-bond acceptors (Lipinski definition) is 5. The zero-order chi connectivity index (χ0) is 15.8. The van der Waals surface area contributed by atoms with E-state index in [9.17, 15) is 4.79 Å². The Bertz CT molecular complexity index is 639. The van der Waals surface area contributed by atoms with Crippen LogP contribution in [0.25, 0.3) is 0 Å². The number of ether oxygens (including phenoxy) is 1. The van der Waals surface area contributed by atoms with Crippen molar-refractivity contribution in [3.63, 3.8) is 0 Å². The third-order valence-electron chi connectivity index (χ3n) is 2.77. The van der Waals surface area contributed by atoms with Gasteiger partial charge in [0.05, 0.1) is 12.2 Å². The van der Waals surface area contributed by atoms with E-state index in [1.54, 1.807) is 48.8 Å². The summed E-state index contributed by atoms with van der Waals surface area (Å²) in [6.07, 6.45) is 4.08. The molecule has 2 rings (SSSR count). The molecule has 0 unspecified atom stereocenters. The number of carbonyl (C=O) groups excluding carboxylic acids is 1. The normalized spacial score (nSPS) is 11.0. The Morgan fingerprint density at radius 3 is 2.45 bits per heavy atom. The molecule has 1 aromatic carbocycles. The van der Waals surface area contributed by atoms with Crippen molar-refractivity contribution in [1.82, 2.24) is 4.98 Å². The summed E-state index contributed by atoms with van der Waals surface area (Å²) in [7, 11) is 0. The molecule has 0 radical (unpaired) electrons. The molecule has 0 amide bonds. The molecule has 6 nitrogen and oxygen atoms in total. The van der Waals surface area contributed by atoms with Gasteiger partial charge in [0.25, 0.3) is 0 Å². The number of carbonyl (C=O) groups is 1. The third kappa shape index (κ3) is 4.31. The Kier molecular flexibility index (Phi) is 5.48. The van der Waals surface area contributed by atoms with Gasteiger partial charge >= 0.3 is 5.97 Å². The van der Waals surface area contributed by atoms with Crippen LogP contribution >= 0.6 is 0 Å². The standard InChI is InChI=1S/C16H17N3O3/c1-2-11-21-14-5-3-13(4-6-14)16(20)22-19-15(17)12-7-9-18-10-8-12/h3-10H,2,11H2,1H3,(H2,17,19). The minimum absolute atomic E-state index is 0.110. The van der Waals surface area contributed by atoms with Crippen molar-refractivity contribution in [1.29, 1.82) is 0 Å². The average Bonchev–Trinajstić information content (AvgIpc) is 2.58. The minimum Gasteiger partial charge on any atom is -0.494 e. The smallest absolute Gasteiger partial charge is 0.365 e. The fourth-order valence-electron chi connectivity index (χ4n) is 1.63. The minimum atomic E-state index is -0.584. The van der Waals surface area contributed by atoms with Gasteiger partial charge in [-0.25, -0.2) is 4.79 Å². The molecule has 1 aromatic heterocycles. The zero-order valence-electron chi connectivity index (χ0n) is 12.2. The lowest BCUT2D eigenvalue weighted by molar-refractivity contribution is 0.0516. The number of pyridine rings is 1. The number of benzene rings is 1. The predicted octanol–water partition coefficient (Wildman–Crippen LogP) is 2.35. The van der Waals surface area contributed by atoms with Crippen LogP contribution in [0, 0.1) is 0 Å². The first-order chi connectivity index (χ1) is 10.7. The van der Waals surface area contributed by atoms with Gasteiger partial charge in [0.15, 0.2) is 5.84 Å². The highest BCUT2D eigenvalue weighted by atomic mass is 16.7. The van der Waals surface area contributed by atoms with E-state index >= 15 is 0 Å². The molecule has 1 heterocycles. The molecule has 6 heteroatoms. The van der Waals surface area contributed by atoms with E-state index in [-0.39, 0.29) is 5.84 Å². The van der Waals surface area contributed by atoms with E-state index in [0.717, 1.165) is 6.42 Å². The second kappa shape index (κ2) is 7.78. The van der Waals surface area contributed by atoms with Crippen LogP contribution in [-0.4, -0.2) is 23.4 Å². The molecule has 0 bridgehead atoms. The van der Waals surface area contributed by atoms with Gasteiger partial charge in [-0.15, -0.1) is 0 Å². The number of rotatable bonds is 6. The van der Waals surface area contributed by atoms with Crippen LogP contribution in [0.1, 0.15) is 29.3 Å². The summed E-state index contributed by atoms with van der Waals surface area (Å²) in [5.74, 6) is 0.232. The van der Waals surface area contributed by atoms with Crippen LogP contribution in [0.4, 0.5) is 0 Å². The van der Waals surface area contributed by atoms with Gasteiger partial charge in [0.2, 0.25) is 0 Å². The van der Waals surface area contributed by atoms with E-state index in [0.29, 0.717) is 23.5 Å². The maximum Gasteiger partial charge on any atom is 0.365 e. The molecular formula is C16H17N3O3. The van der Waals surface area contributed by atoms with Gasteiger partial charge in [-0.2, -0.15) is 0 Å². The third-order valence-corrected chi connectivity index (χ3v) is 2.77. The number of oxime groups is 1. The summed E-state index contributed by atoms with van der Waals surface area (Å²) >= 11 is 0. The Labute approximate surface area is 128 Å². The summed E-state index contributed by atoms with van der Waals surface area (Å²) in [6.45, 7) is 2.66. The van der Waals surface area contributed by atoms with E-state index in [1.807, 2.05) is 6.92 Å². The fourth-order valence-corrected chi connectivity index (χ4v) is 1.63. The molecule has 22 heavy (non-hydrogen) atoms. The largest absolute Gasteiger partial charge is 0.494 e. The Balaban J connectivity index is 1.97. The lowest BCUT2D eigenvalue weighted by atomic mass is 10.2.